The zero-order chi connectivity index (χ0) is 40.4. The van der Waals surface area contributed by atoms with Crippen molar-refractivity contribution in [1.29, 1.82) is 0 Å². The molecule has 1 aliphatic rings. The van der Waals surface area contributed by atoms with Crippen LogP contribution in [0.25, 0.3) is 0 Å². The minimum absolute atomic E-state index is 0.0309. The van der Waals surface area contributed by atoms with Crippen LogP contribution in [0, 0.1) is 11.3 Å². The van der Waals surface area contributed by atoms with E-state index in [2.05, 4.69) is 10.6 Å². The number of likely N-dealkylation sites (tertiary alicyclic amines) is 1. The number of nitrogens with one attached hydrogen (secondary N) is 2. The number of ether oxygens (including phenoxy) is 1. The van der Waals surface area contributed by atoms with Gasteiger partial charge in [0.2, 0.25) is 23.6 Å². The SMILES string of the molecule is CCC(C)[C@H](NC(=O)CN(C)C(=O)[C@@H](Cc1ccccc1)N(C)C(=O)[C@H](C)N1C(=O)[C@H](OC(=O)/C(C)=C/CC(C)(C)C)CC1C)C(=O)N[C@H](C)C(=O)O. The molecule has 14 heteroatoms. The summed E-state index contributed by atoms with van der Waals surface area (Å²) in [6.45, 7) is 15.6. The number of hydrogen-bond donors (Lipinski definition) is 3. The van der Waals surface area contributed by atoms with Crippen molar-refractivity contribution in [2.24, 2.45) is 11.3 Å². The van der Waals surface area contributed by atoms with Crippen molar-refractivity contribution in [3.63, 3.8) is 0 Å². The maximum absolute atomic E-state index is 14.1. The monoisotopic (exact) mass is 741 g/mol. The van der Waals surface area contributed by atoms with Gasteiger partial charge in [-0.3, -0.25) is 28.8 Å². The highest BCUT2D eigenvalue weighted by Gasteiger charge is 2.45. The molecule has 0 spiro atoms. The van der Waals surface area contributed by atoms with E-state index in [1.54, 1.807) is 45.9 Å². The summed E-state index contributed by atoms with van der Waals surface area (Å²) in [5.74, 6) is -5.04. The summed E-state index contributed by atoms with van der Waals surface area (Å²) >= 11 is 0. The molecule has 14 nitrogen and oxygen atoms in total. The van der Waals surface area contributed by atoms with Crippen molar-refractivity contribution in [2.75, 3.05) is 20.6 Å². The van der Waals surface area contributed by atoms with E-state index in [1.165, 1.54) is 30.8 Å². The quantitative estimate of drug-likeness (QED) is 0.160. The van der Waals surface area contributed by atoms with Crippen LogP contribution in [0.5, 0.6) is 0 Å². The van der Waals surface area contributed by atoms with Crippen molar-refractivity contribution in [1.82, 2.24) is 25.3 Å². The molecule has 3 N–H and O–H groups in total. The second-order valence-corrected chi connectivity index (χ2v) is 15.4. The second kappa shape index (κ2) is 19.4. The first-order chi connectivity index (χ1) is 24.6. The fourth-order valence-electron chi connectivity index (χ4n) is 5.97. The number of rotatable bonds is 17. The number of carbonyl (C=O) groups excluding carboxylic acids is 6. The predicted molar refractivity (Wildman–Crippen MR) is 199 cm³/mol. The van der Waals surface area contributed by atoms with E-state index < -0.39 is 84.3 Å². The van der Waals surface area contributed by atoms with Crippen LogP contribution < -0.4 is 10.6 Å². The number of allylic oxidation sites excluding steroid dienone is 1. The molecule has 7 atom stereocenters. The zero-order valence-corrected chi connectivity index (χ0v) is 33.1. The fraction of sp³-hybridized carbons (Fsp3) is 0.615. The van der Waals surface area contributed by atoms with Gasteiger partial charge in [0, 0.05) is 38.6 Å². The third-order valence-corrected chi connectivity index (χ3v) is 9.60. The Labute approximate surface area is 313 Å². The molecule has 0 bridgehead atoms. The number of likely N-dealkylation sites (N-methyl/N-ethyl adjacent to an activating group) is 2. The van der Waals surface area contributed by atoms with Gasteiger partial charge in [0.1, 0.15) is 24.2 Å². The first kappa shape index (κ1) is 44.4. The summed E-state index contributed by atoms with van der Waals surface area (Å²) in [5, 5.41) is 14.2. The van der Waals surface area contributed by atoms with Crippen molar-refractivity contribution in [3.8, 4) is 0 Å². The van der Waals surface area contributed by atoms with E-state index >= 15 is 0 Å². The molecule has 1 heterocycles. The molecule has 1 aromatic rings. The van der Waals surface area contributed by atoms with E-state index in [-0.39, 0.29) is 24.2 Å². The van der Waals surface area contributed by atoms with Crippen molar-refractivity contribution >= 4 is 41.5 Å². The van der Waals surface area contributed by atoms with Gasteiger partial charge in [-0.2, -0.15) is 0 Å². The van der Waals surface area contributed by atoms with Crippen molar-refractivity contribution < 1.29 is 43.4 Å². The van der Waals surface area contributed by atoms with Crippen LogP contribution in [0.3, 0.4) is 0 Å². The van der Waals surface area contributed by atoms with Gasteiger partial charge in [-0.15, -0.1) is 0 Å². The summed E-state index contributed by atoms with van der Waals surface area (Å²) < 4.78 is 5.59. The first-order valence-electron chi connectivity index (χ1n) is 18.2. The molecular weight excluding hydrogens is 682 g/mol. The van der Waals surface area contributed by atoms with E-state index in [0.717, 1.165) is 10.5 Å². The standard InChI is InChI=1S/C39H59N5O9/c1-12-23(2)32(33(46)40-26(5)37(50)51)41-31(45)22-42(10)35(48)29(21-28-16-14-13-15-17-28)43(11)34(47)27(6)44-25(4)20-30(36(44)49)53-38(52)24(3)18-19-39(7,8)9/h13-18,23,25-27,29-30,32H,12,19-22H2,1-11H3,(H,40,46)(H,41,45)(H,50,51)/b24-18+/t23?,25?,26-,27+,29-,30-,32+/m1/s1. The maximum Gasteiger partial charge on any atom is 0.334 e. The molecular formula is C39H59N5O9. The average molecular weight is 742 g/mol. The zero-order valence-electron chi connectivity index (χ0n) is 33.1. The smallest absolute Gasteiger partial charge is 0.334 e. The van der Waals surface area contributed by atoms with Crippen LogP contribution in [0.15, 0.2) is 42.0 Å². The summed E-state index contributed by atoms with van der Waals surface area (Å²) in [4.78, 5) is 95.7. The van der Waals surface area contributed by atoms with Crippen LogP contribution in [0.4, 0.5) is 0 Å². The van der Waals surface area contributed by atoms with Crippen molar-refractivity contribution in [3.05, 3.63) is 47.5 Å². The van der Waals surface area contributed by atoms with E-state index in [0.29, 0.717) is 18.4 Å². The third-order valence-electron chi connectivity index (χ3n) is 9.60. The van der Waals surface area contributed by atoms with Crippen LogP contribution in [-0.4, -0.2) is 118 Å². The number of nitrogens with zero attached hydrogens (tertiary/aromatic N) is 3. The topological polar surface area (TPSA) is 183 Å². The molecule has 0 radical (unpaired) electrons. The lowest BCUT2D eigenvalue weighted by Gasteiger charge is -2.36. The first-order valence-corrected chi connectivity index (χ1v) is 18.2. The van der Waals surface area contributed by atoms with Gasteiger partial charge in [-0.05, 0) is 51.0 Å². The lowest BCUT2D eigenvalue weighted by atomic mass is 9.91. The Bertz CT molecular complexity index is 1520. The lowest BCUT2D eigenvalue weighted by Crippen LogP contribution is -2.57. The molecule has 2 rings (SSSR count). The maximum atomic E-state index is 14.1. The number of carbonyl (C=O) groups is 7. The predicted octanol–water partition coefficient (Wildman–Crippen LogP) is 2.94. The minimum Gasteiger partial charge on any atom is -0.480 e. The molecule has 294 valence electrons. The van der Waals surface area contributed by atoms with Crippen LogP contribution in [0.1, 0.15) is 87.1 Å². The number of carboxylic acids is 1. The number of aliphatic carboxylic acids is 1. The van der Waals surface area contributed by atoms with Gasteiger partial charge in [0.25, 0.3) is 5.91 Å². The molecule has 1 saturated heterocycles. The number of hydrogen-bond acceptors (Lipinski definition) is 8. The lowest BCUT2D eigenvalue weighted by molar-refractivity contribution is -0.156. The molecule has 1 aliphatic heterocycles. The van der Waals surface area contributed by atoms with Crippen LogP contribution >= 0.6 is 0 Å². The third kappa shape index (κ3) is 12.7. The van der Waals surface area contributed by atoms with E-state index in [4.69, 9.17) is 4.74 Å². The molecule has 2 unspecified atom stereocenters. The Morgan fingerprint density at radius 2 is 1.62 bits per heavy atom. The van der Waals surface area contributed by atoms with E-state index in [9.17, 15) is 38.7 Å². The molecule has 0 saturated carbocycles. The molecule has 0 aromatic heterocycles. The number of amides is 5. The Kier molecular flexibility index (Phi) is 16.2. The van der Waals surface area contributed by atoms with E-state index in [1.807, 2.05) is 45.9 Å². The van der Waals surface area contributed by atoms with Crippen molar-refractivity contribution in [2.45, 2.75) is 124 Å². The largest absolute Gasteiger partial charge is 0.480 e. The van der Waals surface area contributed by atoms with Gasteiger partial charge < -0.3 is 35.2 Å². The van der Waals surface area contributed by atoms with Crippen LogP contribution in [0.2, 0.25) is 0 Å². The summed E-state index contributed by atoms with van der Waals surface area (Å²) in [6, 6.07) is 4.31. The van der Waals surface area contributed by atoms with Gasteiger partial charge >= 0.3 is 11.9 Å². The normalized spacial score (nSPS) is 19.0. The molecule has 1 aromatic carbocycles. The second-order valence-electron chi connectivity index (χ2n) is 15.4. The Morgan fingerprint density at radius 3 is 2.17 bits per heavy atom. The highest BCUT2D eigenvalue weighted by molar-refractivity contribution is 5.97. The molecule has 5 amide bonds. The Hall–Kier alpha value is -4.75. The van der Waals surface area contributed by atoms with Crippen LogP contribution in [-0.2, 0) is 44.7 Å². The molecule has 53 heavy (non-hydrogen) atoms. The highest BCUT2D eigenvalue weighted by atomic mass is 16.5. The number of benzene rings is 1. The van der Waals surface area contributed by atoms with Gasteiger partial charge in [-0.1, -0.05) is 77.4 Å². The summed E-state index contributed by atoms with van der Waals surface area (Å²) in [5.41, 5.74) is 1.12. The average Bonchev–Trinajstić information content (AvgIpc) is 3.37. The van der Waals surface area contributed by atoms with Gasteiger partial charge in [-0.25, -0.2) is 4.79 Å². The highest BCUT2D eigenvalue weighted by Crippen LogP contribution is 2.27. The molecule has 1 fully saturated rings. The minimum atomic E-state index is -1.23. The van der Waals surface area contributed by atoms with Gasteiger partial charge in [0.05, 0.1) is 6.54 Å². The Morgan fingerprint density at radius 1 is 1.02 bits per heavy atom. The Balaban J connectivity index is 2.25. The molecule has 0 aliphatic carbocycles. The summed E-state index contributed by atoms with van der Waals surface area (Å²) in [6.07, 6.45) is 2.20. The number of esters is 1. The summed E-state index contributed by atoms with van der Waals surface area (Å²) in [7, 11) is 2.88. The van der Waals surface area contributed by atoms with Gasteiger partial charge in [0.15, 0.2) is 6.10 Å². The number of carboxylic acid groups (broad SMARTS) is 1. The fourth-order valence-corrected chi connectivity index (χ4v) is 5.97.